The molecule has 1 amide bonds. The molecule has 0 N–H and O–H groups in total. The molecule has 1 aromatic carbocycles. The highest BCUT2D eigenvalue weighted by Gasteiger charge is 2.46. The van der Waals surface area contributed by atoms with Gasteiger partial charge in [-0.1, -0.05) is 30.3 Å². The molecule has 136 valence electrons. The highest BCUT2D eigenvalue weighted by molar-refractivity contribution is 7.59. The Morgan fingerprint density at radius 3 is 2.33 bits per heavy atom. The molecule has 2 heterocycles. The number of benzene rings is 1. The summed E-state index contributed by atoms with van der Waals surface area (Å²) in [5.41, 5.74) is 0.973. The van der Waals surface area contributed by atoms with Crippen molar-refractivity contribution in [2.45, 2.75) is 51.3 Å². The molecule has 24 heavy (non-hydrogen) atoms. The van der Waals surface area contributed by atoms with E-state index in [1.54, 1.807) is 0 Å². The Kier molecular flexibility index (Phi) is 7.50. The Bertz CT molecular complexity index is 534. The fourth-order valence-electron chi connectivity index (χ4n) is 3.48. The summed E-state index contributed by atoms with van der Waals surface area (Å²) in [6, 6.07) is 11.4. The molecule has 2 unspecified atom stereocenters. The topological polar surface area (TPSA) is 32.8 Å². The second kappa shape index (κ2) is 8.50. The van der Waals surface area contributed by atoms with Crippen molar-refractivity contribution in [2.75, 3.05) is 19.6 Å². The molecule has 0 radical (unpaired) electrons. The number of nitrogens with zero attached hydrogens (tertiary/aromatic N) is 2. The lowest BCUT2D eigenvalue weighted by atomic mass is 10.1. The lowest BCUT2D eigenvalue weighted by Gasteiger charge is -2.35. The van der Waals surface area contributed by atoms with E-state index in [2.05, 4.69) is 35.2 Å². The van der Waals surface area contributed by atoms with Gasteiger partial charge in [0.15, 0.2) is 0 Å². The average molecular weight is 371 g/mol. The normalized spacial score (nSPS) is 22.7. The maximum absolute atomic E-state index is 12.2. The molecule has 2 bridgehead atoms. The van der Waals surface area contributed by atoms with Crippen LogP contribution in [0.25, 0.3) is 0 Å². The number of amides is 1. The molecule has 1 aromatic rings. The van der Waals surface area contributed by atoms with E-state index in [1.807, 2.05) is 25.7 Å². The molecule has 0 saturated carbocycles. The number of rotatable bonds is 3. The van der Waals surface area contributed by atoms with Crippen LogP contribution in [0.2, 0.25) is 0 Å². The van der Waals surface area contributed by atoms with Crippen LogP contribution >= 0.6 is 27.0 Å². The van der Waals surface area contributed by atoms with Crippen molar-refractivity contribution < 1.29 is 9.53 Å². The highest BCUT2D eigenvalue weighted by atomic mass is 32.1. The zero-order valence-electron chi connectivity index (χ0n) is 14.8. The minimum Gasteiger partial charge on any atom is -0.444 e. The quantitative estimate of drug-likeness (QED) is 0.819. The minimum atomic E-state index is -0.411. The summed E-state index contributed by atoms with van der Waals surface area (Å²) in [7, 11) is 0. The lowest BCUT2D eigenvalue weighted by molar-refractivity contribution is 0.0130. The van der Waals surface area contributed by atoms with Gasteiger partial charge in [-0.3, -0.25) is 4.90 Å². The maximum atomic E-state index is 12.2. The van der Waals surface area contributed by atoms with Crippen LogP contribution in [0.3, 0.4) is 0 Å². The molecule has 3 rings (SSSR count). The number of fused-ring (bicyclic) bond motifs is 2. The standard InChI is InChI=1S/C18H26N2O2.2H2S/c1-18(2,3)22-17(21)20-13-15-11-16(20)12-19(15)10-9-14-7-5-4-6-8-14;;/h4-8,15-16H,9-13H2,1-3H3;2*1H2. The van der Waals surface area contributed by atoms with Gasteiger partial charge in [0, 0.05) is 31.7 Å². The molecule has 2 atom stereocenters. The first-order valence-electron chi connectivity index (χ1n) is 8.20. The summed E-state index contributed by atoms with van der Waals surface area (Å²) >= 11 is 0. The van der Waals surface area contributed by atoms with Gasteiger partial charge in [0.25, 0.3) is 0 Å². The summed E-state index contributed by atoms with van der Waals surface area (Å²) in [5.74, 6) is 0. The predicted octanol–water partition coefficient (Wildman–Crippen LogP) is 3.15. The van der Waals surface area contributed by atoms with Crippen molar-refractivity contribution in [1.29, 1.82) is 0 Å². The van der Waals surface area contributed by atoms with Crippen molar-refractivity contribution in [3.8, 4) is 0 Å². The van der Waals surface area contributed by atoms with E-state index in [0.717, 1.165) is 32.5 Å². The zero-order valence-corrected chi connectivity index (χ0v) is 16.8. The van der Waals surface area contributed by atoms with Gasteiger partial charge >= 0.3 is 6.09 Å². The van der Waals surface area contributed by atoms with Gasteiger partial charge in [0.05, 0.1) is 0 Å². The first-order valence-corrected chi connectivity index (χ1v) is 8.20. The maximum Gasteiger partial charge on any atom is 0.410 e. The van der Waals surface area contributed by atoms with Crippen LogP contribution in [0.15, 0.2) is 30.3 Å². The molecule has 2 aliphatic heterocycles. The smallest absolute Gasteiger partial charge is 0.410 e. The summed E-state index contributed by atoms with van der Waals surface area (Å²) in [6.07, 6.45) is 2.02. The van der Waals surface area contributed by atoms with Gasteiger partial charge in [-0.15, -0.1) is 0 Å². The summed E-state index contributed by atoms with van der Waals surface area (Å²) < 4.78 is 5.51. The highest BCUT2D eigenvalue weighted by Crippen LogP contribution is 2.31. The lowest BCUT2D eigenvalue weighted by Crippen LogP contribution is -2.50. The van der Waals surface area contributed by atoms with Crippen molar-refractivity contribution in [1.82, 2.24) is 9.80 Å². The molecule has 0 spiro atoms. The molecule has 0 aromatic heterocycles. The number of carbonyl (C=O) groups excluding carboxylic acids is 1. The Hall–Kier alpha value is -0.850. The predicted molar refractivity (Wildman–Crippen MR) is 108 cm³/mol. The van der Waals surface area contributed by atoms with Gasteiger partial charge in [-0.25, -0.2) is 4.79 Å². The Labute approximate surface area is 159 Å². The number of piperazine rings is 1. The third kappa shape index (κ3) is 5.07. The van der Waals surface area contributed by atoms with Crippen molar-refractivity contribution in [3.63, 3.8) is 0 Å². The Morgan fingerprint density at radius 2 is 1.79 bits per heavy atom. The fraction of sp³-hybridized carbons (Fsp3) is 0.611. The second-order valence-corrected chi connectivity index (χ2v) is 7.41. The molecule has 2 fully saturated rings. The third-order valence-corrected chi connectivity index (χ3v) is 4.51. The Balaban J connectivity index is 0.00000144. The first kappa shape index (κ1) is 21.2. The van der Waals surface area contributed by atoms with Crippen LogP contribution in [-0.4, -0.2) is 53.2 Å². The molecular formula is C18H30N2O2S2. The van der Waals surface area contributed by atoms with Gasteiger partial charge in [0.1, 0.15) is 5.60 Å². The SMILES string of the molecule is CC(C)(C)OC(=O)N1CC2CC1CN2CCc1ccccc1.S.S. The van der Waals surface area contributed by atoms with Crippen LogP contribution in [-0.2, 0) is 11.2 Å². The second-order valence-electron chi connectivity index (χ2n) is 7.41. The van der Waals surface area contributed by atoms with E-state index >= 15 is 0 Å². The van der Waals surface area contributed by atoms with E-state index < -0.39 is 5.60 Å². The van der Waals surface area contributed by atoms with Crippen LogP contribution in [0, 0.1) is 0 Å². The van der Waals surface area contributed by atoms with Crippen LogP contribution in [0.4, 0.5) is 4.79 Å². The van der Waals surface area contributed by atoms with Gasteiger partial charge < -0.3 is 9.64 Å². The van der Waals surface area contributed by atoms with E-state index in [1.165, 1.54) is 5.56 Å². The van der Waals surface area contributed by atoms with Crippen molar-refractivity contribution in [3.05, 3.63) is 35.9 Å². The largest absolute Gasteiger partial charge is 0.444 e. The third-order valence-electron chi connectivity index (χ3n) is 4.51. The number of hydrogen-bond donors (Lipinski definition) is 0. The molecule has 6 heteroatoms. The number of hydrogen-bond acceptors (Lipinski definition) is 3. The molecule has 0 aliphatic carbocycles. The Morgan fingerprint density at radius 1 is 1.12 bits per heavy atom. The van der Waals surface area contributed by atoms with E-state index in [0.29, 0.717) is 12.1 Å². The molecule has 2 aliphatic rings. The summed E-state index contributed by atoms with van der Waals surface area (Å²) in [4.78, 5) is 16.7. The van der Waals surface area contributed by atoms with Crippen LogP contribution in [0.1, 0.15) is 32.8 Å². The van der Waals surface area contributed by atoms with Gasteiger partial charge in [-0.05, 0) is 39.2 Å². The van der Waals surface area contributed by atoms with Crippen LogP contribution in [0.5, 0.6) is 0 Å². The monoisotopic (exact) mass is 370 g/mol. The summed E-state index contributed by atoms with van der Waals surface area (Å²) in [5, 5.41) is 0. The molecule has 2 saturated heterocycles. The van der Waals surface area contributed by atoms with Crippen LogP contribution < -0.4 is 0 Å². The number of ether oxygens (including phenoxy) is 1. The van der Waals surface area contributed by atoms with Gasteiger partial charge in [-0.2, -0.15) is 27.0 Å². The van der Waals surface area contributed by atoms with Gasteiger partial charge in [0.2, 0.25) is 0 Å². The minimum absolute atomic E-state index is 0. The number of likely N-dealkylation sites (tertiary alicyclic amines) is 2. The molecule has 4 nitrogen and oxygen atoms in total. The fourth-order valence-corrected chi connectivity index (χ4v) is 3.48. The van der Waals surface area contributed by atoms with E-state index in [9.17, 15) is 4.79 Å². The molecular weight excluding hydrogens is 340 g/mol. The van der Waals surface area contributed by atoms with E-state index in [-0.39, 0.29) is 33.1 Å². The number of carbonyl (C=O) groups is 1. The first-order chi connectivity index (χ1) is 10.4. The average Bonchev–Trinajstić information content (AvgIpc) is 3.04. The van der Waals surface area contributed by atoms with Crippen molar-refractivity contribution in [2.24, 2.45) is 0 Å². The zero-order chi connectivity index (χ0) is 15.7. The summed E-state index contributed by atoms with van der Waals surface area (Å²) in [6.45, 7) is 8.64. The van der Waals surface area contributed by atoms with Crippen molar-refractivity contribution >= 4 is 33.1 Å². The van der Waals surface area contributed by atoms with E-state index in [4.69, 9.17) is 4.74 Å².